The molecule has 0 amide bonds. The molecule has 2 aromatic rings. The van der Waals surface area contributed by atoms with Crippen LogP contribution in [-0.4, -0.2) is 4.98 Å². The van der Waals surface area contributed by atoms with Crippen molar-refractivity contribution in [3.8, 4) is 11.3 Å². The molecule has 0 bridgehead atoms. The van der Waals surface area contributed by atoms with Gasteiger partial charge in [0.05, 0.1) is 16.8 Å². The maximum atomic E-state index is 13.3. The number of rotatable bonds is 1. The molecule has 84 valence electrons. The van der Waals surface area contributed by atoms with Gasteiger partial charge in [-0.2, -0.15) is 13.2 Å². The minimum Gasteiger partial charge on any atom is -0.245 e. The molecule has 0 spiro atoms. The lowest BCUT2D eigenvalue weighted by atomic mass is 10.1. The van der Waals surface area contributed by atoms with Crippen LogP contribution in [0.15, 0.2) is 29.1 Å². The molecule has 1 aromatic carbocycles. The first kappa shape index (κ1) is 11.1. The molecular formula is C10H5F4NS. The molecular weight excluding hydrogens is 242 g/mol. The molecule has 16 heavy (non-hydrogen) atoms. The topological polar surface area (TPSA) is 12.9 Å². The Bertz CT molecular complexity index is 490. The van der Waals surface area contributed by atoms with Crippen LogP contribution < -0.4 is 0 Å². The van der Waals surface area contributed by atoms with E-state index in [1.807, 2.05) is 0 Å². The van der Waals surface area contributed by atoms with Gasteiger partial charge in [-0.25, -0.2) is 9.37 Å². The number of nitrogens with zero attached hydrogens (tertiary/aromatic N) is 1. The van der Waals surface area contributed by atoms with Gasteiger partial charge in [0.15, 0.2) is 0 Å². The summed E-state index contributed by atoms with van der Waals surface area (Å²) in [6.07, 6.45) is -4.47. The molecule has 2 rings (SSSR count). The van der Waals surface area contributed by atoms with E-state index in [0.717, 1.165) is 12.1 Å². The third-order valence-corrected chi connectivity index (χ3v) is 2.59. The lowest BCUT2D eigenvalue weighted by Crippen LogP contribution is -2.05. The summed E-state index contributed by atoms with van der Waals surface area (Å²) in [5.74, 6) is -0.709. The summed E-state index contributed by atoms with van der Waals surface area (Å²) >= 11 is 1.20. The quantitative estimate of drug-likeness (QED) is 0.695. The zero-order valence-corrected chi connectivity index (χ0v) is 8.57. The molecule has 0 saturated heterocycles. The molecule has 0 saturated carbocycles. The second kappa shape index (κ2) is 3.86. The van der Waals surface area contributed by atoms with Crippen molar-refractivity contribution in [2.45, 2.75) is 6.18 Å². The van der Waals surface area contributed by atoms with Crippen LogP contribution in [0, 0.1) is 5.82 Å². The summed E-state index contributed by atoms with van der Waals surface area (Å²) in [6, 6.07) is 2.28. The molecule has 0 N–H and O–H groups in total. The third-order valence-electron chi connectivity index (χ3n) is 2.00. The van der Waals surface area contributed by atoms with Crippen LogP contribution in [0.4, 0.5) is 17.6 Å². The maximum Gasteiger partial charge on any atom is 0.416 e. The van der Waals surface area contributed by atoms with Gasteiger partial charge in [0, 0.05) is 10.9 Å². The van der Waals surface area contributed by atoms with Gasteiger partial charge in [-0.05, 0) is 18.2 Å². The SMILES string of the molecule is Fc1ccc(C(F)(F)F)cc1-c1cscn1. The van der Waals surface area contributed by atoms with Crippen molar-refractivity contribution in [3.63, 3.8) is 0 Å². The highest BCUT2D eigenvalue weighted by Crippen LogP contribution is 2.33. The van der Waals surface area contributed by atoms with Gasteiger partial charge in [0.25, 0.3) is 0 Å². The highest BCUT2D eigenvalue weighted by molar-refractivity contribution is 7.07. The maximum absolute atomic E-state index is 13.3. The number of thiazole rings is 1. The zero-order valence-electron chi connectivity index (χ0n) is 7.75. The molecule has 0 unspecified atom stereocenters. The van der Waals surface area contributed by atoms with Crippen molar-refractivity contribution < 1.29 is 17.6 Å². The molecule has 1 nitrogen and oxygen atoms in total. The van der Waals surface area contributed by atoms with Crippen molar-refractivity contribution >= 4 is 11.3 Å². The lowest BCUT2D eigenvalue weighted by molar-refractivity contribution is -0.137. The third kappa shape index (κ3) is 2.06. The first-order chi connectivity index (χ1) is 7.48. The van der Waals surface area contributed by atoms with Gasteiger partial charge >= 0.3 is 6.18 Å². The fourth-order valence-corrected chi connectivity index (χ4v) is 1.80. The molecule has 1 aromatic heterocycles. The molecule has 0 fully saturated rings. The van der Waals surface area contributed by atoms with Crippen LogP contribution in [0.3, 0.4) is 0 Å². The van der Waals surface area contributed by atoms with Crippen LogP contribution in [0.1, 0.15) is 5.56 Å². The average molecular weight is 247 g/mol. The lowest BCUT2D eigenvalue weighted by Gasteiger charge is -2.08. The van der Waals surface area contributed by atoms with Crippen LogP contribution in [0.5, 0.6) is 0 Å². The van der Waals surface area contributed by atoms with Gasteiger partial charge in [-0.15, -0.1) is 11.3 Å². The fourth-order valence-electron chi connectivity index (χ4n) is 1.24. The summed E-state index contributed by atoms with van der Waals surface area (Å²) < 4.78 is 50.5. The van der Waals surface area contributed by atoms with E-state index in [4.69, 9.17) is 0 Å². The molecule has 6 heteroatoms. The standard InChI is InChI=1S/C10H5F4NS/c11-8-2-1-6(10(12,13)14)3-7(8)9-4-16-5-15-9/h1-5H. The van der Waals surface area contributed by atoms with Crippen molar-refractivity contribution in [1.29, 1.82) is 0 Å². The number of aromatic nitrogens is 1. The van der Waals surface area contributed by atoms with Crippen molar-refractivity contribution in [2.24, 2.45) is 0 Å². The first-order valence-corrected chi connectivity index (χ1v) is 5.18. The minimum atomic E-state index is -4.47. The normalized spacial score (nSPS) is 11.8. The zero-order chi connectivity index (χ0) is 11.8. The predicted octanol–water partition coefficient (Wildman–Crippen LogP) is 3.97. The van der Waals surface area contributed by atoms with Gasteiger partial charge in [-0.3, -0.25) is 0 Å². The second-order valence-corrected chi connectivity index (χ2v) is 3.78. The van der Waals surface area contributed by atoms with Crippen molar-refractivity contribution in [2.75, 3.05) is 0 Å². The highest BCUT2D eigenvalue weighted by Gasteiger charge is 2.31. The van der Waals surface area contributed by atoms with Crippen molar-refractivity contribution in [3.05, 3.63) is 40.5 Å². The first-order valence-electron chi connectivity index (χ1n) is 4.24. The smallest absolute Gasteiger partial charge is 0.245 e. The Morgan fingerprint density at radius 3 is 2.50 bits per heavy atom. The second-order valence-electron chi connectivity index (χ2n) is 3.07. The number of hydrogen-bond donors (Lipinski definition) is 0. The van der Waals surface area contributed by atoms with E-state index in [-0.39, 0.29) is 11.3 Å². The molecule has 1 heterocycles. The molecule has 0 aliphatic carbocycles. The Balaban J connectivity index is 2.54. The van der Waals surface area contributed by atoms with E-state index in [2.05, 4.69) is 4.98 Å². The van der Waals surface area contributed by atoms with Gasteiger partial charge in [0.2, 0.25) is 0 Å². The predicted molar refractivity (Wildman–Crippen MR) is 52.5 cm³/mol. The van der Waals surface area contributed by atoms with E-state index in [9.17, 15) is 17.6 Å². The summed E-state index contributed by atoms with van der Waals surface area (Å²) in [7, 11) is 0. The minimum absolute atomic E-state index is 0.129. The van der Waals surface area contributed by atoms with E-state index in [1.165, 1.54) is 22.2 Å². The number of benzene rings is 1. The monoisotopic (exact) mass is 247 g/mol. The average Bonchev–Trinajstić information content (AvgIpc) is 2.69. The fraction of sp³-hybridized carbons (Fsp3) is 0.100. The Labute approximate surface area is 92.4 Å². The Morgan fingerprint density at radius 2 is 1.94 bits per heavy atom. The Kier molecular flexibility index (Phi) is 2.67. The molecule has 0 aliphatic heterocycles. The van der Waals surface area contributed by atoms with Crippen LogP contribution in [-0.2, 0) is 6.18 Å². The Morgan fingerprint density at radius 1 is 1.19 bits per heavy atom. The van der Waals surface area contributed by atoms with Crippen LogP contribution in [0.25, 0.3) is 11.3 Å². The number of halogens is 4. The molecule has 0 atom stereocenters. The highest BCUT2D eigenvalue weighted by atomic mass is 32.1. The summed E-state index contributed by atoms with van der Waals surface area (Å²) in [5.41, 5.74) is 0.649. The number of hydrogen-bond acceptors (Lipinski definition) is 2. The van der Waals surface area contributed by atoms with E-state index in [0.29, 0.717) is 6.07 Å². The molecule has 0 aliphatic rings. The summed E-state index contributed by atoms with van der Waals surface area (Å²) in [6.45, 7) is 0. The molecule has 0 radical (unpaired) electrons. The van der Waals surface area contributed by atoms with Gasteiger partial charge in [-0.1, -0.05) is 0 Å². The van der Waals surface area contributed by atoms with Gasteiger partial charge in [0.1, 0.15) is 5.82 Å². The van der Waals surface area contributed by atoms with Crippen molar-refractivity contribution in [1.82, 2.24) is 4.98 Å². The Hall–Kier alpha value is -1.43. The van der Waals surface area contributed by atoms with Gasteiger partial charge < -0.3 is 0 Å². The van der Waals surface area contributed by atoms with E-state index >= 15 is 0 Å². The largest absolute Gasteiger partial charge is 0.416 e. The summed E-state index contributed by atoms with van der Waals surface area (Å²) in [4.78, 5) is 3.78. The van der Waals surface area contributed by atoms with Crippen LogP contribution >= 0.6 is 11.3 Å². The number of alkyl halides is 3. The van der Waals surface area contributed by atoms with E-state index < -0.39 is 17.6 Å². The summed E-state index contributed by atoms with van der Waals surface area (Å²) in [5, 5.41) is 1.50. The van der Waals surface area contributed by atoms with E-state index in [1.54, 1.807) is 0 Å². The van der Waals surface area contributed by atoms with Crippen LogP contribution in [0.2, 0.25) is 0 Å².